The molecule has 1 saturated heterocycles. The normalized spacial score (nSPS) is 14.7. The highest BCUT2D eigenvalue weighted by atomic mass is 35.5. The summed E-state index contributed by atoms with van der Waals surface area (Å²) in [6.45, 7) is 2.10. The van der Waals surface area contributed by atoms with E-state index < -0.39 is 21.7 Å². The van der Waals surface area contributed by atoms with Gasteiger partial charge in [0.05, 0.1) is 23.7 Å². The number of benzene rings is 2. The monoisotopic (exact) mass is 469 g/mol. The number of ether oxygens (including phenoxy) is 1. The topological polar surface area (TPSA) is 70.2 Å². The van der Waals surface area contributed by atoms with E-state index in [0.29, 0.717) is 32.0 Å². The maximum Gasteiger partial charge on any atom is 0.256 e. The van der Waals surface area contributed by atoms with Crippen LogP contribution in [0.15, 0.2) is 41.3 Å². The van der Waals surface area contributed by atoms with Crippen LogP contribution in [0.5, 0.6) is 0 Å². The van der Waals surface area contributed by atoms with Crippen LogP contribution in [0.25, 0.3) is 0 Å². The first-order chi connectivity index (χ1) is 14.6. The third kappa shape index (κ3) is 5.01. The van der Waals surface area contributed by atoms with E-state index in [0.717, 1.165) is 4.31 Å². The van der Waals surface area contributed by atoms with Crippen molar-refractivity contribution in [3.8, 4) is 0 Å². The Labute approximate surface area is 187 Å². The molecule has 2 aromatic carbocycles. The molecule has 10 heteroatoms. The molecule has 0 N–H and O–H groups in total. The Balaban J connectivity index is 2.02. The molecule has 0 spiro atoms. The lowest BCUT2D eigenvalue weighted by atomic mass is 10.1. The van der Waals surface area contributed by atoms with Gasteiger partial charge in [0.15, 0.2) is 0 Å². The molecule has 3 rings (SSSR count). The van der Waals surface area contributed by atoms with E-state index in [1.807, 2.05) is 4.90 Å². The standard InChI is InChI=1S/C21H25ClFN3O4S/c1-24(2)31(28,29)15-7-8-20(26-9-11-30-12-10-26)16(13-15)21(27)25(3)14-17-18(22)5-4-6-19(17)23/h4-8,13H,9-12,14H2,1-3H3. The third-order valence-corrected chi connectivity index (χ3v) is 7.30. The van der Waals surface area contributed by atoms with Crippen molar-refractivity contribution < 1.29 is 22.3 Å². The molecule has 0 unspecified atom stereocenters. The first kappa shape index (κ1) is 23.5. The number of hydrogen-bond donors (Lipinski definition) is 0. The lowest BCUT2D eigenvalue weighted by Crippen LogP contribution is -2.38. The SMILES string of the molecule is CN(Cc1c(F)cccc1Cl)C(=O)c1cc(S(=O)(=O)N(C)C)ccc1N1CCOCC1. The zero-order chi connectivity index (χ0) is 22.8. The molecule has 0 radical (unpaired) electrons. The molecule has 2 aromatic rings. The van der Waals surface area contributed by atoms with Gasteiger partial charge in [-0.2, -0.15) is 0 Å². The van der Waals surface area contributed by atoms with Crippen LogP contribution < -0.4 is 4.90 Å². The van der Waals surface area contributed by atoms with Crippen molar-refractivity contribution in [2.45, 2.75) is 11.4 Å². The average molecular weight is 470 g/mol. The lowest BCUT2D eigenvalue weighted by molar-refractivity contribution is 0.0783. The molecular formula is C21H25ClFN3O4S. The zero-order valence-corrected chi connectivity index (χ0v) is 19.2. The van der Waals surface area contributed by atoms with Crippen molar-refractivity contribution in [1.82, 2.24) is 9.21 Å². The van der Waals surface area contributed by atoms with Gasteiger partial charge in [0.1, 0.15) is 5.82 Å². The number of amides is 1. The third-order valence-electron chi connectivity index (χ3n) is 5.13. The number of morpholine rings is 1. The summed E-state index contributed by atoms with van der Waals surface area (Å²) >= 11 is 6.11. The summed E-state index contributed by atoms with van der Waals surface area (Å²) in [5, 5.41) is 0.219. The molecule has 0 aliphatic carbocycles. The van der Waals surface area contributed by atoms with Crippen molar-refractivity contribution in [1.29, 1.82) is 0 Å². The Morgan fingerprint density at radius 1 is 1.16 bits per heavy atom. The number of rotatable bonds is 6. The summed E-state index contributed by atoms with van der Waals surface area (Å²) in [4.78, 5) is 16.7. The van der Waals surface area contributed by atoms with Crippen LogP contribution in [0.2, 0.25) is 5.02 Å². The predicted octanol–water partition coefficient (Wildman–Crippen LogP) is 2.84. The van der Waals surface area contributed by atoms with E-state index in [-0.39, 0.29) is 27.6 Å². The maximum atomic E-state index is 14.2. The van der Waals surface area contributed by atoms with Gasteiger partial charge in [-0.1, -0.05) is 17.7 Å². The van der Waals surface area contributed by atoms with E-state index in [9.17, 15) is 17.6 Å². The highest BCUT2D eigenvalue weighted by Gasteiger charge is 2.26. The van der Waals surface area contributed by atoms with Crippen LogP contribution in [0.3, 0.4) is 0 Å². The van der Waals surface area contributed by atoms with Crippen LogP contribution in [0, 0.1) is 5.82 Å². The summed E-state index contributed by atoms with van der Waals surface area (Å²) in [5.41, 5.74) is 1.03. The number of anilines is 1. The minimum absolute atomic E-state index is 0.00943. The Morgan fingerprint density at radius 3 is 2.45 bits per heavy atom. The zero-order valence-electron chi connectivity index (χ0n) is 17.6. The van der Waals surface area contributed by atoms with Gasteiger partial charge >= 0.3 is 0 Å². The number of carbonyl (C=O) groups excluding carboxylic acids is 1. The Hall–Kier alpha value is -2.20. The fraction of sp³-hybridized carbons (Fsp3) is 0.381. The minimum Gasteiger partial charge on any atom is -0.378 e. The van der Waals surface area contributed by atoms with Gasteiger partial charge in [-0.15, -0.1) is 0 Å². The van der Waals surface area contributed by atoms with Crippen molar-refractivity contribution >= 4 is 33.2 Å². The Morgan fingerprint density at radius 2 is 1.84 bits per heavy atom. The van der Waals surface area contributed by atoms with Crippen molar-refractivity contribution in [3.63, 3.8) is 0 Å². The quantitative estimate of drug-likeness (QED) is 0.650. The number of halogens is 2. The molecule has 0 atom stereocenters. The van der Waals surface area contributed by atoms with Crippen molar-refractivity contribution in [3.05, 3.63) is 58.4 Å². The molecule has 1 aliphatic rings. The summed E-state index contributed by atoms with van der Waals surface area (Å²) in [5.74, 6) is -0.943. The van der Waals surface area contributed by atoms with Gasteiger partial charge in [-0.25, -0.2) is 17.1 Å². The number of nitrogens with zero attached hydrogens (tertiary/aromatic N) is 3. The molecule has 0 aromatic heterocycles. The van der Waals surface area contributed by atoms with Crippen LogP contribution in [-0.2, 0) is 21.3 Å². The summed E-state index contributed by atoms with van der Waals surface area (Å²) in [6.07, 6.45) is 0. The van der Waals surface area contributed by atoms with Gasteiger partial charge in [0.25, 0.3) is 5.91 Å². The predicted molar refractivity (Wildman–Crippen MR) is 118 cm³/mol. The van der Waals surface area contributed by atoms with Crippen LogP contribution in [-0.4, -0.2) is 71.0 Å². The van der Waals surface area contributed by atoms with Crippen LogP contribution in [0.1, 0.15) is 15.9 Å². The smallest absolute Gasteiger partial charge is 0.256 e. The number of sulfonamides is 1. The summed E-state index contributed by atoms with van der Waals surface area (Å²) < 4.78 is 46.0. The average Bonchev–Trinajstić information content (AvgIpc) is 2.75. The van der Waals surface area contributed by atoms with Crippen LogP contribution >= 0.6 is 11.6 Å². The Kier molecular flexibility index (Phi) is 7.20. The van der Waals surface area contributed by atoms with Crippen molar-refractivity contribution in [2.24, 2.45) is 0 Å². The highest BCUT2D eigenvalue weighted by molar-refractivity contribution is 7.89. The van der Waals surface area contributed by atoms with E-state index >= 15 is 0 Å². The second-order valence-corrected chi connectivity index (χ2v) is 9.99. The molecular weight excluding hydrogens is 445 g/mol. The fourth-order valence-corrected chi connectivity index (χ4v) is 4.49. The first-order valence-corrected chi connectivity index (χ1v) is 11.5. The second kappa shape index (κ2) is 9.52. The lowest BCUT2D eigenvalue weighted by Gasteiger charge is -2.31. The Bertz CT molecular complexity index is 1050. The van der Waals surface area contributed by atoms with Gasteiger partial charge in [-0.05, 0) is 30.3 Å². The molecule has 7 nitrogen and oxygen atoms in total. The largest absolute Gasteiger partial charge is 0.378 e. The minimum atomic E-state index is -3.74. The number of carbonyl (C=O) groups is 1. The second-order valence-electron chi connectivity index (χ2n) is 7.43. The van der Waals surface area contributed by atoms with Gasteiger partial charge in [-0.3, -0.25) is 4.79 Å². The van der Waals surface area contributed by atoms with Crippen molar-refractivity contribution in [2.75, 3.05) is 52.3 Å². The molecule has 31 heavy (non-hydrogen) atoms. The van der Waals surface area contributed by atoms with Crippen LogP contribution in [0.4, 0.5) is 10.1 Å². The summed E-state index contributed by atoms with van der Waals surface area (Å²) in [7, 11) is 0.648. The van der Waals surface area contributed by atoms with E-state index in [2.05, 4.69) is 0 Å². The molecule has 1 heterocycles. The number of hydrogen-bond acceptors (Lipinski definition) is 5. The molecule has 0 bridgehead atoms. The fourth-order valence-electron chi connectivity index (χ4n) is 3.34. The van der Waals surface area contributed by atoms with E-state index in [1.165, 1.54) is 50.3 Å². The van der Waals surface area contributed by atoms with E-state index in [1.54, 1.807) is 12.1 Å². The molecule has 1 fully saturated rings. The molecule has 1 aliphatic heterocycles. The van der Waals surface area contributed by atoms with E-state index in [4.69, 9.17) is 16.3 Å². The molecule has 168 valence electrons. The first-order valence-electron chi connectivity index (χ1n) is 9.70. The van der Waals surface area contributed by atoms with Gasteiger partial charge in [0.2, 0.25) is 10.0 Å². The highest BCUT2D eigenvalue weighted by Crippen LogP contribution is 2.28. The van der Waals surface area contributed by atoms with Gasteiger partial charge < -0.3 is 14.5 Å². The van der Waals surface area contributed by atoms with Gasteiger partial charge in [0, 0.05) is 57.1 Å². The molecule has 0 saturated carbocycles. The molecule has 1 amide bonds. The maximum absolute atomic E-state index is 14.2. The summed E-state index contributed by atoms with van der Waals surface area (Å²) in [6, 6.07) is 8.84.